The van der Waals surface area contributed by atoms with Gasteiger partial charge in [0.25, 0.3) is 5.91 Å². The zero-order valence-electron chi connectivity index (χ0n) is 11.3. The van der Waals surface area contributed by atoms with E-state index in [1.807, 2.05) is 13.8 Å². The van der Waals surface area contributed by atoms with Crippen molar-refractivity contribution in [1.82, 2.24) is 10.5 Å². The van der Waals surface area contributed by atoms with Gasteiger partial charge in [-0.05, 0) is 31.6 Å². The smallest absolute Gasteiger partial charge is 0.257 e. The number of hydrogen-bond acceptors (Lipinski definition) is 4. The van der Waals surface area contributed by atoms with E-state index in [1.165, 1.54) is 0 Å². The van der Waals surface area contributed by atoms with Crippen molar-refractivity contribution in [1.29, 1.82) is 0 Å². The number of hydrogen-bond donors (Lipinski definition) is 2. The number of rotatable bonds is 4. The van der Waals surface area contributed by atoms with Gasteiger partial charge in [-0.1, -0.05) is 19.0 Å². The first kappa shape index (κ1) is 12.7. The van der Waals surface area contributed by atoms with E-state index < -0.39 is 0 Å². The van der Waals surface area contributed by atoms with Crippen molar-refractivity contribution in [3.05, 3.63) is 17.0 Å². The Bertz CT molecular complexity index is 465. The molecule has 0 aliphatic heterocycles. The van der Waals surface area contributed by atoms with Crippen LogP contribution in [0, 0.1) is 0 Å². The van der Waals surface area contributed by atoms with Crippen LogP contribution in [0.3, 0.4) is 0 Å². The Balaban J connectivity index is 1.80. The van der Waals surface area contributed by atoms with Crippen LogP contribution in [-0.4, -0.2) is 28.3 Å². The number of nitrogens with zero attached hydrogens (tertiary/aromatic N) is 1. The van der Waals surface area contributed by atoms with Gasteiger partial charge in [0.05, 0.1) is 11.8 Å². The molecule has 1 aromatic heterocycles. The monoisotopic (exact) mass is 264 g/mol. The minimum Gasteiger partial charge on any atom is -0.393 e. The third-order valence-electron chi connectivity index (χ3n) is 3.92. The highest BCUT2D eigenvalue weighted by atomic mass is 16.5. The quantitative estimate of drug-likeness (QED) is 0.871. The van der Waals surface area contributed by atoms with E-state index in [0.717, 1.165) is 24.3 Å². The molecule has 1 heterocycles. The second kappa shape index (κ2) is 4.63. The number of aliphatic hydroxyl groups excluding tert-OH is 1. The first-order valence-corrected chi connectivity index (χ1v) is 7.04. The minimum atomic E-state index is -0.264. The molecule has 19 heavy (non-hydrogen) atoms. The average Bonchev–Trinajstić information content (AvgIpc) is 3.05. The van der Waals surface area contributed by atoms with Crippen LogP contribution in [0.5, 0.6) is 0 Å². The highest BCUT2D eigenvalue weighted by molar-refractivity contribution is 5.97. The Morgan fingerprint density at radius 2 is 2.11 bits per heavy atom. The summed E-state index contributed by atoms with van der Waals surface area (Å²) in [5, 5.41) is 16.3. The van der Waals surface area contributed by atoms with E-state index in [9.17, 15) is 9.90 Å². The summed E-state index contributed by atoms with van der Waals surface area (Å²) < 4.78 is 5.40. The van der Waals surface area contributed by atoms with Gasteiger partial charge in [-0.3, -0.25) is 4.79 Å². The molecule has 2 aliphatic carbocycles. The summed E-state index contributed by atoms with van der Waals surface area (Å²) in [6, 6.07) is 0.0875. The lowest BCUT2D eigenvalue weighted by Gasteiger charge is -2.31. The molecular formula is C14H20N2O3. The Morgan fingerprint density at radius 1 is 1.42 bits per heavy atom. The van der Waals surface area contributed by atoms with Crippen molar-refractivity contribution >= 4 is 5.91 Å². The third-order valence-corrected chi connectivity index (χ3v) is 3.92. The predicted octanol–water partition coefficient (Wildman–Crippen LogP) is 1.93. The Kier molecular flexibility index (Phi) is 3.09. The number of amides is 1. The van der Waals surface area contributed by atoms with Gasteiger partial charge in [0.1, 0.15) is 5.56 Å². The number of carbonyl (C=O) groups excluding carboxylic acids is 1. The van der Waals surface area contributed by atoms with E-state index in [1.54, 1.807) is 0 Å². The molecule has 5 nitrogen and oxygen atoms in total. The summed E-state index contributed by atoms with van der Waals surface area (Å²) in [7, 11) is 0. The fourth-order valence-corrected chi connectivity index (χ4v) is 2.53. The lowest BCUT2D eigenvalue weighted by Crippen LogP contribution is -2.47. The van der Waals surface area contributed by atoms with Gasteiger partial charge >= 0.3 is 0 Å². The summed E-state index contributed by atoms with van der Waals surface area (Å²) in [5.74, 6) is 1.20. The van der Waals surface area contributed by atoms with Gasteiger partial charge in [0.15, 0.2) is 5.76 Å². The van der Waals surface area contributed by atoms with Gasteiger partial charge in [0, 0.05) is 12.0 Å². The van der Waals surface area contributed by atoms with Crippen LogP contribution in [0.15, 0.2) is 4.52 Å². The molecule has 2 saturated carbocycles. The number of nitrogens with one attached hydrogen (secondary N) is 1. The summed E-state index contributed by atoms with van der Waals surface area (Å²) in [4.78, 5) is 12.4. The van der Waals surface area contributed by atoms with Crippen molar-refractivity contribution < 1.29 is 14.4 Å². The highest BCUT2D eigenvalue weighted by Crippen LogP contribution is 2.43. The molecule has 5 heteroatoms. The molecule has 1 aromatic rings. The summed E-state index contributed by atoms with van der Waals surface area (Å²) >= 11 is 0. The van der Waals surface area contributed by atoms with E-state index in [2.05, 4.69) is 10.5 Å². The van der Waals surface area contributed by atoms with Crippen LogP contribution in [-0.2, 0) is 0 Å². The Morgan fingerprint density at radius 3 is 2.63 bits per heavy atom. The zero-order chi connectivity index (χ0) is 13.6. The SMILES string of the molecule is CC(C)c1noc(C2CC2)c1C(=O)NC1CC(O)C1. The van der Waals surface area contributed by atoms with Gasteiger partial charge in [-0.15, -0.1) is 0 Å². The molecular weight excluding hydrogens is 244 g/mol. The van der Waals surface area contributed by atoms with E-state index in [-0.39, 0.29) is 24.0 Å². The minimum absolute atomic E-state index is 0.0875. The molecule has 0 saturated heterocycles. The first-order valence-electron chi connectivity index (χ1n) is 7.04. The van der Waals surface area contributed by atoms with Crippen LogP contribution < -0.4 is 5.32 Å². The molecule has 2 aliphatic rings. The zero-order valence-corrected chi connectivity index (χ0v) is 11.3. The molecule has 3 rings (SSSR count). The first-order chi connectivity index (χ1) is 9.06. The molecule has 0 aromatic carbocycles. The van der Waals surface area contributed by atoms with Crippen molar-refractivity contribution in [2.24, 2.45) is 0 Å². The topological polar surface area (TPSA) is 75.4 Å². The fourth-order valence-electron chi connectivity index (χ4n) is 2.53. The van der Waals surface area contributed by atoms with Crippen LogP contribution >= 0.6 is 0 Å². The van der Waals surface area contributed by atoms with Crippen molar-refractivity contribution in [2.75, 3.05) is 0 Å². The van der Waals surface area contributed by atoms with Crippen molar-refractivity contribution in [3.63, 3.8) is 0 Å². The second-order valence-corrected chi connectivity index (χ2v) is 6.03. The molecule has 0 atom stereocenters. The summed E-state index contributed by atoms with van der Waals surface area (Å²) in [6.07, 6.45) is 3.18. The molecule has 1 amide bonds. The van der Waals surface area contributed by atoms with Gasteiger partial charge < -0.3 is 14.9 Å². The second-order valence-electron chi connectivity index (χ2n) is 6.03. The van der Waals surface area contributed by atoms with Gasteiger partial charge in [-0.25, -0.2) is 0 Å². The molecule has 0 unspecified atom stereocenters. The fraction of sp³-hybridized carbons (Fsp3) is 0.714. The molecule has 2 N–H and O–H groups in total. The Hall–Kier alpha value is -1.36. The number of aliphatic hydroxyl groups is 1. The highest BCUT2D eigenvalue weighted by Gasteiger charge is 2.37. The molecule has 0 bridgehead atoms. The van der Waals surface area contributed by atoms with E-state index in [0.29, 0.717) is 24.3 Å². The van der Waals surface area contributed by atoms with Crippen molar-refractivity contribution in [2.45, 2.75) is 63.5 Å². The van der Waals surface area contributed by atoms with Crippen LogP contribution in [0.4, 0.5) is 0 Å². The van der Waals surface area contributed by atoms with Crippen molar-refractivity contribution in [3.8, 4) is 0 Å². The van der Waals surface area contributed by atoms with Crippen LogP contribution in [0.1, 0.15) is 73.2 Å². The van der Waals surface area contributed by atoms with E-state index >= 15 is 0 Å². The van der Waals surface area contributed by atoms with Gasteiger partial charge in [0.2, 0.25) is 0 Å². The lowest BCUT2D eigenvalue weighted by molar-refractivity contribution is 0.0561. The molecule has 0 spiro atoms. The average molecular weight is 264 g/mol. The van der Waals surface area contributed by atoms with E-state index in [4.69, 9.17) is 4.52 Å². The van der Waals surface area contributed by atoms with Crippen LogP contribution in [0.2, 0.25) is 0 Å². The number of aromatic nitrogens is 1. The molecule has 0 radical (unpaired) electrons. The maximum absolute atomic E-state index is 12.4. The largest absolute Gasteiger partial charge is 0.393 e. The predicted molar refractivity (Wildman–Crippen MR) is 69.1 cm³/mol. The molecule has 2 fully saturated rings. The van der Waals surface area contributed by atoms with Gasteiger partial charge in [-0.2, -0.15) is 0 Å². The lowest BCUT2D eigenvalue weighted by atomic mass is 9.89. The Labute approximate surface area is 112 Å². The number of carbonyl (C=O) groups is 1. The summed E-state index contributed by atoms with van der Waals surface area (Å²) in [5.41, 5.74) is 1.39. The summed E-state index contributed by atoms with van der Waals surface area (Å²) in [6.45, 7) is 4.02. The standard InChI is InChI=1S/C14H20N2O3/c1-7(2)12-11(13(19-16-12)8-3-4-8)14(18)15-9-5-10(17)6-9/h7-10,17H,3-6H2,1-2H3,(H,15,18). The normalized spacial score (nSPS) is 26.3. The third kappa shape index (κ3) is 2.39. The maximum Gasteiger partial charge on any atom is 0.257 e. The van der Waals surface area contributed by atoms with Crippen LogP contribution in [0.25, 0.3) is 0 Å². The molecule has 104 valence electrons. The maximum atomic E-state index is 12.4.